The van der Waals surface area contributed by atoms with Crippen LogP contribution in [0.5, 0.6) is 0 Å². The molecule has 0 amide bonds. The molecule has 2 rings (SSSR count). The fourth-order valence-electron chi connectivity index (χ4n) is 2.19. The standard InChI is InChI=1S/C16H21NO4S/c1-13-4-5-14(2)16(10-13)22(18,19)17(7-9-20-3)11-15-6-8-21-12-15/h4-6,8,10,12H,7,9,11H2,1-3H3. The highest BCUT2D eigenvalue weighted by Gasteiger charge is 2.26. The van der Waals surface area contributed by atoms with Crippen molar-refractivity contribution in [2.45, 2.75) is 25.3 Å². The van der Waals surface area contributed by atoms with Crippen LogP contribution in [0.3, 0.4) is 0 Å². The van der Waals surface area contributed by atoms with Gasteiger partial charge >= 0.3 is 0 Å². The molecule has 5 nitrogen and oxygen atoms in total. The number of sulfonamides is 1. The fraction of sp³-hybridized carbons (Fsp3) is 0.375. The Hall–Kier alpha value is -1.63. The minimum absolute atomic E-state index is 0.259. The highest BCUT2D eigenvalue weighted by molar-refractivity contribution is 7.89. The number of benzene rings is 1. The molecule has 0 N–H and O–H groups in total. The van der Waals surface area contributed by atoms with Crippen LogP contribution in [0.15, 0.2) is 46.1 Å². The lowest BCUT2D eigenvalue weighted by Gasteiger charge is -2.22. The molecule has 0 saturated carbocycles. The normalized spacial score (nSPS) is 12.0. The van der Waals surface area contributed by atoms with Crippen molar-refractivity contribution < 1.29 is 17.6 Å². The van der Waals surface area contributed by atoms with Gasteiger partial charge in [-0.05, 0) is 37.1 Å². The van der Waals surface area contributed by atoms with E-state index in [4.69, 9.17) is 9.15 Å². The van der Waals surface area contributed by atoms with E-state index in [0.717, 1.165) is 16.7 Å². The third kappa shape index (κ3) is 3.76. The summed E-state index contributed by atoms with van der Waals surface area (Å²) in [5.74, 6) is 0. The fourth-order valence-corrected chi connectivity index (χ4v) is 3.91. The van der Waals surface area contributed by atoms with Gasteiger partial charge in [-0.3, -0.25) is 0 Å². The molecule has 2 aromatic rings. The summed E-state index contributed by atoms with van der Waals surface area (Å²) in [6, 6.07) is 7.21. The van der Waals surface area contributed by atoms with Crippen LogP contribution in [0.1, 0.15) is 16.7 Å². The maximum absolute atomic E-state index is 13.0. The van der Waals surface area contributed by atoms with Gasteiger partial charge in [0.25, 0.3) is 0 Å². The Kier molecular flexibility index (Phi) is 5.39. The molecule has 0 aliphatic heterocycles. The summed E-state index contributed by atoms with van der Waals surface area (Å²) in [5.41, 5.74) is 2.46. The molecule has 0 unspecified atom stereocenters. The molecule has 0 fully saturated rings. The average molecular weight is 323 g/mol. The number of furan rings is 1. The number of hydrogen-bond acceptors (Lipinski definition) is 4. The molecule has 0 radical (unpaired) electrons. The average Bonchev–Trinajstić information content (AvgIpc) is 2.98. The van der Waals surface area contributed by atoms with Crippen molar-refractivity contribution in [2.24, 2.45) is 0 Å². The SMILES string of the molecule is COCCN(Cc1ccoc1)S(=O)(=O)c1cc(C)ccc1C. The van der Waals surface area contributed by atoms with Gasteiger partial charge in [-0.25, -0.2) is 8.42 Å². The van der Waals surface area contributed by atoms with Gasteiger partial charge in [-0.2, -0.15) is 4.31 Å². The number of hydrogen-bond donors (Lipinski definition) is 0. The second-order valence-corrected chi connectivity index (χ2v) is 7.14. The van der Waals surface area contributed by atoms with Crippen LogP contribution in [0, 0.1) is 13.8 Å². The number of methoxy groups -OCH3 is 1. The Morgan fingerprint density at radius 1 is 1.23 bits per heavy atom. The first kappa shape index (κ1) is 16.7. The molecule has 1 heterocycles. The van der Waals surface area contributed by atoms with Crippen LogP contribution in [-0.4, -0.2) is 33.0 Å². The predicted octanol–water partition coefficient (Wildman–Crippen LogP) is 2.73. The van der Waals surface area contributed by atoms with Crippen molar-refractivity contribution in [3.63, 3.8) is 0 Å². The van der Waals surface area contributed by atoms with Crippen LogP contribution in [0.2, 0.25) is 0 Å². The van der Waals surface area contributed by atoms with Gasteiger partial charge in [0, 0.05) is 25.8 Å². The maximum Gasteiger partial charge on any atom is 0.243 e. The summed E-state index contributed by atoms with van der Waals surface area (Å²) in [6.45, 7) is 4.57. The van der Waals surface area contributed by atoms with Crippen molar-refractivity contribution in [2.75, 3.05) is 20.3 Å². The molecule has 22 heavy (non-hydrogen) atoms. The Bertz CT molecular complexity index is 708. The van der Waals surface area contributed by atoms with Gasteiger partial charge in [0.2, 0.25) is 10.0 Å². The number of aryl methyl sites for hydroxylation is 2. The summed E-state index contributed by atoms with van der Waals surface area (Å²) >= 11 is 0. The first-order chi connectivity index (χ1) is 10.4. The summed E-state index contributed by atoms with van der Waals surface area (Å²) in [6.07, 6.45) is 3.09. The van der Waals surface area contributed by atoms with E-state index in [-0.39, 0.29) is 13.1 Å². The van der Waals surface area contributed by atoms with Crippen molar-refractivity contribution >= 4 is 10.0 Å². The highest BCUT2D eigenvalue weighted by atomic mass is 32.2. The molecular formula is C16H21NO4S. The number of ether oxygens (including phenoxy) is 1. The largest absolute Gasteiger partial charge is 0.472 e. The van der Waals surface area contributed by atoms with Gasteiger partial charge < -0.3 is 9.15 Å². The molecule has 0 aliphatic carbocycles. The van der Waals surface area contributed by atoms with E-state index in [1.165, 1.54) is 10.6 Å². The summed E-state index contributed by atoms with van der Waals surface area (Å²) < 4.78 is 37.4. The Labute approximate surface area is 131 Å². The molecule has 1 aromatic heterocycles. The lowest BCUT2D eigenvalue weighted by atomic mass is 10.2. The van der Waals surface area contributed by atoms with Gasteiger partial charge in [0.15, 0.2) is 0 Å². The minimum Gasteiger partial charge on any atom is -0.472 e. The van der Waals surface area contributed by atoms with Crippen LogP contribution in [0.25, 0.3) is 0 Å². The Morgan fingerprint density at radius 2 is 2.00 bits per heavy atom. The van der Waals surface area contributed by atoms with Gasteiger partial charge in [0.1, 0.15) is 0 Å². The maximum atomic E-state index is 13.0. The third-order valence-corrected chi connectivity index (χ3v) is 5.43. The Balaban J connectivity index is 2.37. The zero-order valence-corrected chi connectivity index (χ0v) is 13.9. The second kappa shape index (κ2) is 7.09. The van der Waals surface area contributed by atoms with Crippen LogP contribution >= 0.6 is 0 Å². The van der Waals surface area contributed by atoms with Crippen LogP contribution in [0.4, 0.5) is 0 Å². The Morgan fingerprint density at radius 3 is 2.64 bits per heavy atom. The number of nitrogens with zero attached hydrogens (tertiary/aromatic N) is 1. The van der Waals surface area contributed by atoms with E-state index in [1.54, 1.807) is 32.4 Å². The van der Waals surface area contributed by atoms with Gasteiger partial charge in [-0.15, -0.1) is 0 Å². The van der Waals surface area contributed by atoms with Crippen LogP contribution in [-0.2, 0) is 21.3 Å². The molecule has 0 aliphatic rings. The third-order valence-electron chi connectivity index (χ3n) is 3.45. The highest BCUT2D eigenvalue weighted by Crippen LogP contribution is 2.23. The predicted molar refractivity (Wildman–Crippen MR) is 84.1 cm³/mol. The molecule has 6 heteroatoms. The number of rotatable bonds is 7. The van der Waals surface area contributed by atoms with E-state index in [9.17, 15) is 8.42 Å². The quantitative estimate of drug-likeness (QED) is 0.786. The molecule has 0 saturated heterocycles. The van der Waals surface area contributed by atoms with Gasteiger partial charge in [0.05, 0.1) is 24.0 Å². The summed E-state index contributed by atoms with van der Waals surface area (Å²) in [4.78, 5) is 0.340. The van der Waals surface area contributed by atoms with E-state index in [2.05, 4.69) is 0 Å². The molecule has 120 valence electrons. The van der Waals surface area contributed by atoms with E-state index in [0.29, 0.717) is 11.5 Å². The van der Waals surface area contributed by atoms with E-state index < -0.39 is 10.0 Å². The lowest BCUT2D eigenvalue weighted by Crippen LogP contribution is -2.33. The molecule has 1 aromatic carbocycles. The topological polar surface area (TPSA) is 59.8 Å². The summed E-state index contributed by atoms with van der Waals surface area (Å²) in [7, 11) is -2.03. The summed E-state index contributed by atoms with van der Waals surface area (Å²) in [5, 5.41) is 0. The first-order valence-electron chi connectivity index (χ1n) is 7.02. The van der Waals surface area contributed by atoms with Crippen molar-refractivity contribution in [3.05, 3.63) is 53.5 Å². The van der Waals surface area contributed by atoms with E-state index in [1.807, 2.05) is 19.1 Å². The molecule has 0 bridgehead atoms. The van der Waals surface area contributed by atoms with Crippen molar-refractivity contribution in [1.82, 2.24) is 4.31 Å². The second-order valence-electron chi connectivity index (χ2n) is 5.23. The van der Waals surface area contributed by atoms with Gasteiger partial charge in [-0.1, -0.05) is 12.1 Å². The lowest BCUT2D eigenvalue weighted by molar-refractivity contribution is 0.177. The minimum atomic E-state index is -3.59. The zero-order chi connectivity index (χ0) is 16.2. The monoisotopic (exact) mass is 323 g/mol. The van der Waals surface area contributed by atoms with Crippen LogP contribution < -0.4 is 0 Å². The molecule has 0 spiro atoms. The zero-order valence-electron chi connectivity index (χ0n) is 13.1. The molecular weight excluding hydrogens is 302 g/mol. The van der Waals surface area contributed by atoms with Crippen molar-refractivity contribution in [1.29, 1.82) is 0 Å². The van der Waals surface area contributed by atoms with Crippen molar-refractivity contribution in [3.8, 4) is 0 Å². The molecule has 0 atom stereocenters. The van der Waals surface area contributed by atoms with E-state index >= 15 is 0 Å². The smallest absolute Gasteiger partial charge is 0.243 e. The first-order valence-corrected chi connectivity index (χ1v) is 8.46.